The SMILES string of the molecule is COC(=O)C1=C(N)N=C(SC)N(C)C1.I. The Hall–Kier alpha value is -0.440. The average Bonchev–Trinajstić information content (AvgIpc) is 2.19. The van der Waals surface area contributed by atoms with Gasteiger partial charge in [0.15, 0.2) is 5.17 Å². The van der Waals surface area contributed by atoms with Gasteiger partial charge in [0.25, 0.3) is 0 Å². The van der Waals surface area contributed by atoms with Crippen LogP contribution in [0.15, 0.2) is 16.4 Å². The molecule has 5 nitrogen and oxygen atoms in total. The summed E-state index contributed by atoms with van der Waals surface area (Å²) in [5.74, 6) is -0.169. The van der Waals surface area contributed by atoms with Crippen LogP contribution in [0.5, 0.6) is 0 Å². The predicted octanol–water partition coefficient (Wildman–Crippen LogP) is 0.612. The highest BCUT2D eigenvalue weighted by molar-refractivity contribution is 14.0. The second-order valence-electron chi connectivity index (χ2n) is 2.81. The highest BCUT2D eigenvalue weighted by atomic mass is 127. The van der Waals surface area contributed by atoms with Crippen molar-refractivity contribution in [2.45, 2.75) is 0 Å². The minimum Gasteiger partial charge on any atom is -0.466 e. The van der Waals surface area contributed by atoms with Crippen LogP contribution in [0.25, 0.3) is 0 Å². The lowest BCUT2D eigenvalue weighted by molar-refractivity contribution is -0.136. The zero-order valence-electron chi connectivity index (χ0n) is 8.81. The predicted molar refractivity (Wildman–Crippen MR) is 72.2 cm³/mol. The summed E-state index contributed by atoms with van der Waals surface area (Å²) in [5, 5.41) is 0.801. The Balaban J connectivity index is 0.00000196. The fourth-order valence-corrected chi connectivity index (χ4v) is 1.70. The number of methoxy groups -OCH3 is 1. The van der Waals surface area contributed by atoms with Crippen LogP contribution in [-0.2, 0) is 9.53 Å². The van der Waals surface area contributed by atoms with Gasteiger partial charge in [0.2, 0.25) is 0 Å². The number of hydrogen-bond donors (Lipinski definition) is 1. The number of amidine groups is 1. The van der Waals surface area contributed by atoms with Crippen molar-refractivity contribution >= 4 is 46.9 Å². The van der Waals surface area contributed by atoms with E-state index in [4.69, 9.17) is 5.73 Å². The van der Waals surface area contributed by atoms with Crippen molar-refractivity contribution in [3.63, 3.8) is 0 Å². The molecule has 0 bridgehead atoms. The lowest BCUT2D eigenvalue weighted by Gasteiger charge is -2.24. The van der Waals surface area contributed by atoms with Crippen molar-refractivity contribution in [2.75, 3.05) is 27.0 Å². The molecule has 0 amide bonds. The van der Waals surface area contributed by atoms with Gasteiger partial charge in [-0.05, 0) is 6.26 Å². The van der Waals surface area contributed by atoms with Crippen LogP contribution >= 0.6 is 35.7 Å². The Morgan fingerprint density at radius 3 is 2.73 bits per heavy atom. The van der Waals surface area contributed by atoms with Crippen molar-refractivity contribution in [2.24, 2.45) is 10.7 Å². The maximum atomic E-state index is 11.3. The summed E-state index contributed by atoms with van der Waals surface area (Å²) >= 11 is 1.49. The Morgan fingerprint density at radius 2 is 2.27 bits per heavy atom. The van der Waals surface area contributed by atoms with E-state index in [0.717, 1.165) is 5.17 Å². The molecule has 0 aromatic heterocycles. The Morgan fingerprint density at radius 1 is 1.67 bits per heavy atom. The molecule has 0 atom stereocenters. The van der Waals surface area contributed by atoms with Gasteiger partial charge in [-0.25, -0.2) is 9.79 Å². The van der Waals surface area contributed by atoms with Gasteiger partial charge in [-0.15, -0.1) is 24.0 Å². The normalized spacial score (nSPS) is 15.7. The largest absolute Gasteiger partial charge is 0.466 e. The van der Waals surface area contributed by atoms with Crippen LogP contribution in [0, 0.1) is 0 Å². The number of ether oxygens (including phenoxy) is 1. The molecule has 0 unspecified atom stereocenters. The summed E-state index contributed by atoms with van der Waals surface area (Å²) < 4.78 is 4.60. The van der Waals surface area contributed by atoms with Crippen LogP contribution in [-0.4, -0.2) is 43.0 Å². The van der Waals surface area contributed by atoms with Crippen LogP contribution in [0.1, 0.15) is 0 Å². The van der Waals surface area contributed by atoms with E-state index in [1.165, 1.54) is 18.9 Å². The molecule has 0 saturated heterocycles. The number of halogens is 1. The standard InChI is InChI=1S/C8H13N3O2S.HI/c1-11-4-5(7(12)13-2)6(9)10-8(11)14-3;/h4,9H2,1-3H3;1H. The van der Waals surface area contributed by atoms with Gasteiger partial charge in [0.1, 0.15) is 5.82 Å². The fraction of sp³-hybridized carbons (Fsp3) is 0.500. The van der Waals surface area contributed by atoms with Crippen LogP contribution in [0.4, 0.5) is 0 Å². The van der Waals surface area contributed by atoms with Crippen LogP contribution in [0.3, 0.4) is 0 Å². The number of nitrogens with two attached hydrogens (primary N) is 1. The molecule has 1 heterocycles. The molecular formula is C8H14IN3O2S. The molecule has 1 rings (SSSR count). The molecule has 0 fully saturated rings. The van der Waals surface area contributed by atoms with Crippen molar-refractivity contribution < 1.29 is 9.53 Å². The van der Waals surface area contributed by atoms with E-state index in [1.807, 2.05) is 18.2 Å². The van der Waals surface area contributed by atoms with Crippen molar-refractivity contribution in [1.29, 1.82) is 0 Å². The van der Waals surface area contributed by atoms with Gasteiger partial charge in [-0.1, -0.05) is 11.8 Å². The molecule has 0 aromatic carbocycles. The Labute approximate surface area is 110 Å². The number of hydrogen-bond acceptors (Lipinski definition) is 6. The first kappa shape index (κ1) is 14.6. The molecule has 0 aromatic rings. The van der Waals surface area contributed by atoms with Gasteiger partial charge in [-0.3, -0.25) is 0 Å². The second-order valence-corrected chi connectivity index (χ2v) is 3.58. The molecule has 86 valence electrons. The van der Waals surface area contributed by atoms with E-state index in [2.05, 4.69) is 9.73 Å². The monoisotopic (exact) mass is 343 g/mol. The third-order valence-electron chi connectivity index (χ3n) is 1.86. The zero-order valence-corrected chi connectivity index (χ0v) is 12.0. The smallest absolute Gasteiger partial charge is 0.339 e. The summed E-state index contributed by atoms with van der Waals surface area (Å²) in [6.45, 7) is 0.443. The van der Waals surface area contributed by atoms with Crippen molar-refractivity contribution in [3.8, 4) is 0 Å². The molecular weight excluding hydrogens is 329 g/mol. The number of likely N-dealkylation sites (N-methyl/N-ethyl adjacent to an activating group) is 1. The number of thioether (sulfide) groups is 1. The third kappa shape index (κ3) is 3.26. The zero-order chi connectivity index (χ0) is 10.7. The molecule has 0 saturated carbocycles. The van der Waals surface area contributed by atoms with Crippen LogP contribution in [0.2, 0.25) is 0 Å². The number of aliphatic imine (C=N–C) groups is 1. The maximum absolute atomic E-state index is 11.3. The first-order valence-electron chi connectivity index (χ1n) is 4.01. The van der Waals surface area contributed by atoms with E-state index in [0.29, 0.717) is 12.1 Å². The maximum Gasteiger partial charge on any atom is 0.339 e. The number of carbonyl (C=O) groups is 1. The lowest BCUT2D eigenvalue weighted by atomic mass is 10.2. The summed E-state index contributed by atoms with van der Waals surface area (Å²) in [7, 11) is 3.18. The van der Waals surface area contributed by atoms with E-state index < -0.39 is 5.97 Å². The molecule has 1 aliphatic heterocycles. The number of carbonyl (C=O) groups excluding carboxylic acids is 1. The molecule has 1 aliphatic rings. The quantitative estimate of drug-likeness (QED) is 0.558. The van der Waals surface area contributed by atoms with Crippen molar-refractivity contribution in [1.82, 2.24) is 4.90 Å². The number of nitrogens with zero attached hydrogens (tertiary/aromatic N) is 2. The third-order valence-corrected chi connectivity index (χ3v) is 2.63. The van der Waals surface area contributed by atoms with Crippen LogP contribution < -0.4 is 5.73 Å². The molecule has 7 heteroatoms. The minimum absolute atomic E-state index is 0. The van der Waals surface area contributed by atoms with Crippen molar-refractivity contribution in [3.05, 3.63) is 11.4 Å². The van der Waals surface area contributed by atoms with Gasteiger partial charge in [0.05, 0.1) is 19.2 Å². The first-order chi connectivity index (χ1) is 6.60. The Bertz CT molecular complexity index is 317. The van der Waals surface area contributed by atoms with E-state index in [9.17, 15) is 4.79 Å². The molecule has 0 aliphatic carbocycles. The second kappa shape index (κ2) is 6.21. The summed E-state index contributed by atoms with van der Waals surface area (Å²) in [4.78, 5) is 17.2. The minimum atomic E-state index is -0.418. The highest BCUT2D eigenvalue weighted by Gasteiger charge is 2.22. The highest BCUT2D eigenvalue weighted by Crippen LogP contribution is 2.16. The van der Waals surface area contributed by atoms with E-state index in [1.54, 1.807) is 0 Å². The topological polar surface area (TPSA) is 67.9 Å². The van der Waals surface area contributed by atoms with Gasteiger partial charge < -0.3 is 15.4 Å². The fourth-order valence-electron chi connectivity index (χ4n) is 1.14. The molecule has 15 heavy (non-hydrogen) atoms. The van der Waals surface area contributed by atoms with Gasteiger partial charge in [0, 0.05) is 7.05 Å². The summed E-state index contributed by atoms with van der Waals surface area (Å²) in [6.07, 6.45) is 1.91. The number of esters is 1. The molecule has 0 radical (unpaired) electrons. The lowest BCUT2D eigenvalue weighted by Crippen LogP contribution is -2.34. The van der Waals surface area contributed by atoms with Gasteiger partial charge in [-0.2, -0.15) is 0 Å². The molecule has 2 N–H and O–H groups in total. The molecule has 0 spiro atoms. The van der Waals surface area contributed by atoms with Gasteiger partial charge >= 0.3 is 5.97 Å². The average molecular weight is 343 g/mol. The Kier molecular flexibility index (Phi) is 6.03. The number of rotatable bonds is 1. The van der Waals surface area contributed by atoms with E-state index in [-0.39, 0.29) is 29.8 Å². The summed E-state index contributed by atoms with van der Waals surface area (Å²) in [5.41, 5.74) is 6.04. The van der Waals surface area contributed by atoms with E-state index >= 15 is 0 Å². The summed E-state index contributed by atoms with van der Waals surface area (Å²) in [6, 6.07) is 0. The first-order valence-corrected chi connectivity index (χ1v) is 5.23.